The van der Waals surface area contributed by atoms with Crippen molar-refractivity contribution in [1.82, 2.24) is 25.1 Å². The molecule has 1 aromatic carbocycles. The molecule has 10 heteroatoms. The van der Waals surface area contributed by atoms with Gasteiger partial charge in [0.2, 0.25) is 0 Å². The molecule has 0 aliphatic carbocycles. The molecule has 0 fully saturated rings. The van der Waals surface area contributed by atoms with Gasteiger partial charge in [-0.15, -0.1) is 0 Å². The lowest BCUT2D eigenvalue weighted by atomic mass is 10.2. The Hall–Kier alpha value is -2.72. The van der Waals surface area contributed by atoms with Crippen molar-refractivity contribution in [3.05, 3.63) is 41.8 Å². The van der Waals surface area contributed by atoms with Gasteiger partial charge in [0.05, 0.1) is 24.7 Å². The fraction of sp³-hybridized carbons (Fsp3) is 0.368. The number of carbonyl (C=O) groups is 1. The summed E-state index contributed by atoms with van der Waals surface area (Å²) >= 11 is 1.44. The largest absolute Gasteiger partial charge is 0.380 e. The topological polar surface area (TPSA) is 94.0 Å². The van der Waals surface area contributed by atoms with Crippen molar-refractivity contribution in [2.24, 2.45) is 0 Å². The first-order valence-corrected chi connectivity index (χ1v) is 10.5. The monoisotopic (exact) mass is 418 g/mol. The number of nitrogens with zero attached hydrogens (tertiary/aromatic N) is 4. The second-order valence-corrected chi connectivity index (χ2v) is 6.83. The lowest BCUT2D eigenvalue weighted by Gasteiger charge is -2.09. The number of benzene rings is 1. The highest BCUT2D eigenvalue weighted by Gasteiger charge is 2.13. The predicted octanol–water partition coefficient (Wildman–Crippen LogP) is 2.57. The molecule has 1 amide bonds. The zero-order chi connectivity index (χ0) is 20.6. The van der Waals surface area contributed by atoms with Crippen LogP contribution in [0.15, 0.2) is 35.6 Å². The van der Waals surface area contributed by atoms with Crippen molar-refractivity contribution in [1.29, 1.82) is 0 Å². The number of nitrogens with one attached hydrogen (secondary N) is 2. The van der Waals surface area contributed by atoms with Crippen LogP contribution in [-0.2, 0) is 11.3 Å². The fourth-order valence-corrected chi connectivity index (χ4v) is 3.08. The first-order chi connectivity index (χ1) is 14.1. The van der Waals surface area contributed by atoms with Crippen LogP contribution >= 0.6 is 11.8 Å². The van der Waals surface area contributed by atoms with E-state index in [0.717, 1.165) is 5.39 Å². The summed E-state index contributed by atoms with van der Waals surface area (Å²) in [7, 11) is 0. The van der Waals surface area contributed by atoms with Crippen molar-refractivity contribution in [2.45, 2.75) is 18.6 Å². The van der Waals surface area contributed by atoms with Crippen molar-refractivity contribution >= 4 is 34.5 Å². The van der Waals surface area contributed by atoms with E-state index >= 15 is 0 Å². The van der Waals surface area contributed by atoms with E-state index in [2.05, 4.69) is 25.7 Å². The first kappa shape index (κ1) is 21.0. The summed E-state index contributed by atoms with van der Waals surface area (Å²) in [6.07, 6.45) is 3.61. The molecule has 0 atom stereocenters. The van der Waals surface area contributed by atoms with Gasteiger partial charge in [0, 0.05) is 25.3 Å². The van der Waals surface area contributed by atoms with Gasteiger partial charge in [-0.2, -0.15) is 5.10 Å². The normalized spacial score (nSPS) is 11.0. The predicted molar refractivity (Wildman–Crippen MR) is 111 cm³/mol. The zero-order valence-corrected chi connectivity index (χ0v) is 17.1. The van der Waals surface area contributed by atoms with Crippen LogP contribution in [0, 0.1) is 5.82 Å². The zero-order valence-electron chi connectivity index (χ0n) is 16.3. The maximum Gasteiger partial charge on any atom is 0.251 e. The standard InChI is InChI=1S/C19H23FN6O2S/c1-3-28-10-8-21-16-15-12-23-26(17(15)25-19(24-16)29-2)9-7-22-18(27)13-5-4-6-14(20)11-13/h4-6,11-12H,3,7-10H2,1-2H3,(H,22,27)(H,21,24,25). The number of amides is 1. The SMILES string of the molecule is CCOCCNc1nc(SC)nc2c1cnn2CCNC(=O)c1cccc(F)c1. The number of halogens is 1. The van der Waals surface area contributed by atoms with Gasteiger partial charge >= 0.3 is 0 Å². The van der Waals surface area contributed by atoms with Crippen molar-refractivity contribution < 1.29 is 13.9 Å². The molecule has 0 aliphatic heterocycles. The Morgan fingerprint density at radius 3 is 2.93 bits per heavy atom. The van der Waals surface area contributed by atoms with Gasteiger partial charge in [0.25, 0.3) is 5.91 Å². The summed E-state index contributed by atoms with van der Waals surface area (Å²) in [5, 5.41) is 11.8. The highest BCUT2D eigenvalue weighted by molar-refractivity contribution is 7.98. The molecule has 0 saturated heterocycles. The molecule has 2 N–H and O–H groups in total. The van der Waals surface area contributed by atoms with Crippen LogP contribution in [0.2, 0.25) is 0 Å². The molecule has 0 unspecified atom stereocenters. The molecule has 0 spiro atoms. The molecular weight excluding hydrogens is 395 g/mol. The summed E-state index contributed by atoms with van der Waals surface area (Å²) in [5.74, 6) is -0.0749. The van der Waals surface area contributed by atoms with E-state index < -0.39 is 5.82 Å². The number of carbonyl (C=O) groups excluding carboxylic acids is 1. The third-order valence-electron chi connectivity index (χ3n) is 4.10. The number of aromatic nitrogens is 4. The Kier molecular flexibility index (Phi) is 7.36. The summed E-state index contributed by atoms with van der Waals surface area (Å²) < 4.78 is 20.3. The Bertz CT molecular complexity index is 980. The van der Waals surface area contributed by atoms with Gasteiger partial charge in [-0.25, -0.2) is 19.0 Å². The Balaban J connectivity index is 1.68. The summed E-state index contributed by atoms with van der Waals surface area (Å²) in [6.45, 7) is 4.58. The van der Waals surface area contributed by atoms with Crippen LogP contribution < -0.4 is 10.6 Å². The number of thioether (sulfide) groups is 1. The molecule has 0 bridgehead atoms. The number of hydrogen-bond donors (Lipinski definition) is 2. The van der Waals surface area contributed by atoms with E-state index in [1.165, 1.54) is 30.0 Å². The summed E-state index contributed by atoms with van der Waals surface area (Å²) in [4.78, 5) is 21.2. The number of hydrogen-bond acceptors (Lipinski definition) is 7. The average Bonchev–Trinajstić information content (AvgIpc) is 3.14. The molecule has 0 aliphatic rings. The van der Waals surface area contributed by atoms with Crippen molar-refractivity contribution in [3.8, 4) is 0 Å². The smallest absolute Gasteiger partial charge is 0.251 e. The van der Waals surface area contributed by atoms with Crippen LogP contribution in [0.1, 0.15) is 17.3 Å². The molecule has 154 valence electrons. The van der Waals surface area contributed by atoms with Crippen LogP contribution in [0.4, 0.5) is 10.2 Å². The third-order valence-corrected chi connectivity index (χ3v) is 4.64. The molecule has 8 nitrogen and oxygen atoms in total. The molecule has 2 aromatic heterocycles. The van der Waals surface area contributed by atoms with Crippen LogP contribution in [0.25, 0.3) is 11.0 Å². The first-order valence-electron chi connectivity index (χ1n) is 9.25. The number of fused-ring (bicyclic) bond motifs is 1. The fourth-order valence-electron chi connectivity index (χ4n) is 2.72. The minimum Gasteiger partial charge on any atom is -0.380 e. The van der Waals surface area contributed by atoms with Gasteiger partial charge in [-0.3, -0.25) is 4.79 Å². The quantitative estimate of drug-likeness (QED) is 0.297. The van der Waals surface area contributed by atoms with Gasteiger partial charge in [-0.1, -0.05) is 17.8 Å². The average molecular weight is 418 g/mol. The van der Waals surface area contributed by atoms with Crippen LogP contribution in [-0.4, -0.2) is 58.2 Å². The maximum atomic E-state index is 13.3. The lowest BCUT2D eigenvalue weighted by molar-refractivity contribution is 0.0951. The summed E-state index contributed by atoms with van der Waals surface area (Å²) in [5.41, 5.74) is 0.964. The second-order valence-electron chi connectivity index (χ2n) is 6.05. The van der Waals surface area contributed by atoms with Crippen molar-refractivity contribution in [2.75, 3.05) is 37.9 Å². The van der Waals surface area contributed by atoms with E-state index in [-0.39, 0.29) is 11.5 Å². The lowest BCUT2D eigenvalue weighted by Crippen LogP contribution is -2.27. The highest BCUT2D eigenvalue weighted by atomic mass is 32.2. The molecule has 0 saturated carbocycles. The van der Waals surface area contributed by atoms with Crippen molar-refractivity contribution in [3.63, 3.8) is 0 Å². The maximum absolute atomic E-state index is 13.3. The molecular formula is C19H23FN6O2S. The van der Waals surface area contributed by atoms with Gasteiger partial charge < -0.3 is 15.4 Å². The van der Waals surface area contributed by atoms with E-state index in [1.54, 1.807) is 16.9 Å². The molecule has 3 rings (SSSR count). The Morgan fingerprint density at radius 2 is 2.17 bits per heavy atom. The minimum absolute atomic E-state index is 0.281. The Labute approximate surface area is 172 Å². The number of rotatable bonds is 10. The van der Waals surface area contributed by atoms with E-state index in [9.17, 15) is 9.18 Å². The summed E-state index contributed by atoms with van der Waals surface area (Å²) in [6, 6.07) is 5.58. The molecule has 0 radical (unpaired) electrons. The molecule has 2 heterocycles. The highest BCUT2D eigenvalue weighted by Crippen LogP contribution is 2.23. The van der Waals surface area contributed by atoms with E-state index in [0.29, 0.717) is 49.5 Å². The number of anilines is 1. The molecule has 3 aromatic rings. The van der Waals surface area contributed by atoms with Gasteiger partial charge in [0.1, 0.15) is 11.6 Å². The third kappa shape index (κ3) is 5.42. The second kappa shape index (κ2) is 10.2. The van der Waals surface area contributed by atoms with Crippen LogP contribution in [0.3, 0.4) is 0 Å². The molecule has 29 heavy (non-hydrogen) atoms. The number of ether oxygens (including phenoxy) is 1. The van der Waals surface area contributed by atoms with E-state index in [4.69, 9.17) is 4.74 Å². The minimum atomic E-state index is -0.443. The van der Waals surface area contributed by atoms with Gasteiger partial charge in [0.15, 0.2) is 10.8 Å². The Morgan fingerprint density at radius 1 is 1.31 bits per heavy atom. The van der Waals surface area contributed by atoms with Crippen LogP contribution in [0.5, 0.6) is 0 Å². The van der Waals surface area contributed by atoms with E-state index in [1.807, 2.05) is 13.2 Å². The van der Waals surface area contributed by atoms with Gasteiger partial charge in [-0.05, 0) is 31.4 Å².